The van der Waals surface area contributed by atoms with Crippen molar-refractivity contribution in [2.45, 2.75) is 19.9 Å². The van der Waals surface area contributed by atoms with E-state index in [4.69, 9.17) is 15.2 Å². The van der Waals surface area contributed by atoms with Crippen LogP contribution >= 0.6 is 0 Å². The molecule has 0 aliphatic rings. The molecule has 0 saturated carbocycles. The summed E-state index contributed by atoms with van der Waals surface area (Å²) in [5, 5.41) is 7.23. The molecule has 0 aliphatic heterocycles. The number of aromatic amines is 1. The fourth-order valence-electron chi connectivity index (χ4n) is 2.56. The lowest BCUT2D eigenvalue weighted by Crippen LogP contribution is -2.13. The van der Waals surface area contributed by atoms with E-state index in [2.05, 4.69) is 15.2 Å². The molecule has 0 bridgehead atoms. The second-order valence-electron chi connectivity index (χ2n) is 5.73. The summed E-state index contributed by atoms with van der Waals surface area (Å²) in [6.45, 7) is 4.52. The van der Waals surface area contributed by atoms with Crippen molar-refractivity contribution in [1.29, 1.82) is 0 Å². The van der Waals surface area contributed by atoms with Gasteiger partial charge in [-0.05, 0) is 37.6 Å². The molecule has 0 amide bonds. The average molecular weight is 338 g/mol. The molecule has 0 saturated heterocycles. The van der Waals surface area contributed by atoms with Gasteiger partial charge in [0.1, 0.15) is 5.82 Å². The van der Waals surface area contributed by atoms with Crippen molar-refractivity contribution in [2.24, 2.45) is 5.73 Å². The second-order valence-corrected chi connectivity index (χ2v) is 5.73. The Bertz CT molecular complexity index is 843. The normalized spacial score (nSPS) is 12.0. The van der Waals surface area contributed by atoms with E-state index in [9.17, 15) is 0 Å². The van der Waals surface area contributed by atoms with E-state index in [1.807, 2.05) is 56.3 Å². The van der Waals surface area contributed by atoms with Crippen LogP contribution in [0.5, 0.6) is 11.5 Å². The molecule has 3 rings (SSSR count). The third-order valence-corrected chi connectivity index (χ3v) is 3.96. The first-order chi connectivity index (χ1) is 12.1. The largest absolute Gasteiger partial charge is 0.493 e. The fraction of sp³-hybridized carbons (Fsp3) is 0.263. The predicted molar refractivity (Wildman–Crippen MR) is 96.7 cm³/mol. The maximum Gasteiger partial charge on any atom is 0.181 e. The van der Waals surface area contributed by atoms with Gasteiger partial charge in [0.15, 0.2) is 17.3 Å². The lowest BCUT2D eigenvalue weighted by molar-refractivity contribution is 0.311. The van der Waals surface area contributed by atoms with Crippen LogP contribution in [0.2, 0.25) is 0 Å². The number of H-pyrrole nitrogens is 1. The van der Waals surface area contributed by atoms with Gasteiger partial charge in [0, 0.05) is 5.56 Å². The van der Waals surface area contributed by atoms with Gasteiger partial charge in [-0.2, -0.15) is 5.10 Å². The van der Waals surface area contributed by atoms with Gasteiger partial charge < -0.3 is 15.2 Å². The highest BCUT2D eigenvalue weighted by atomic mass is 16.5. The van der Waals surface area contributed by atoms with Gasteiger partial charge in [-0.3, -0.25) is 5.10 Å². The summed E-state index contributed by atoms with van der Waals surface area (Å²) in [5.74, 6) is 2.53. The zero-order chi connectivity index (χ0) is 17.8. The van der Waals surface area contributed by atoms with E-state index < -0.39 is 0 Å². The molecule has 6 nitrogen and oxygen atoms in total. The summed E-state index contributed by atoms with van der Waals surface area (Å²) >= 11 is 0. The van der Waals surface area contributed by atoms with Crippen LogP contribution in [0.3, 0.4) is 0 Å². The minimum Gasteiger partial charge on any atom is -0.493 e. The van der Waals surface area contributed by atoms with Crippen LogP contribution in [0.25, 0.3) is 11.4 Å². The third-order valence-electron chi connectivity index (χ3n) is 3.96. The molecule has 130 valence electrons. The lowest BCUT2D eigenvalue weighted by Gasteiger charge is -2.10. The Morgan fingerprint density at radius 1 is 1.12 bits per heavy atom. The highest BCUT2D eigenvalue weighted by Gasteiger charge is 2.16. The van der Waals surface area contributed by atoms with E-state index in [0.717, 1.165) is 11.1 Å². The van der Waals surface area contributed by atoms with Crippen LogP contribution in [-0.2, 0) is 0 Å². The van der Waals surface area contributed by atoms with Crippen LogP contribution in [0, 0.1) is 6.92 Å². The first-order valence-corrected chi connectivity index (χ1v) is 8.18. The van der Waals surface area contributed by atoms with Crippen molar-refractivity contribution < 1.29 is 9.47 Å². The number of aromatic nitrogens is 3. The molecule has 0 fully saturated rings. The zero-order valence-corrected chi connectivity index (χ0v) is 14.6. The number of nitrogens with one attached hydrogen (secondary N) is 1. The van der Waals surface area contributed by atoms with Crippen LogP contribution in [0.1, 0.15) is 29.9 Å². The van der Waals surface area contributed by atoms with E-state index in [1.54, 1.807) is 7.11 Å². The van der Waals surface area contributed by atoms with Gasteiger partial charge in [-0.25, -0.2) is 4.98 Å². The summed E-state index contributed by atoms with van der Waals surface area (Å²) in [6, 6.07) is 13.3. The predicted octanol–water partition coefficient (Wildman–Crippen LogP) is 3.24. The van der Waals surface area contributed by atoms with Gasteiger partial charge in [-0.15, -0.1) is 0 Å². The minimum absolute atomic E-state index is 0.355. The number of methoxy groups -OCH3 is 1. The number of rotatable bonds is 6. The van der Waals surface area contributed by atoms with Crippen LogP contribution in [0.4, 0.5) is 0 Å². The molecule has 1 heterocycles. The van der Waals surface area contributed by atoms with Crippen LogP contribution < -0.4 is 15.2 Å². The monoisotopic (exact) mass is 338 g/mol. The SMILES string of the molecule is CCOc1cc(-c2n[nH]c([C@H](N)c3ccc(C)cc3)n2)ccc1OC. The number of aryl methyl sites for hydroxylation is 1. The Morgan fingerprint density at radius 3 is 2.56 bits per heavy atom. The molecule has 0 unspecified atom stereocenters. The smallest absolute Gasteiger partial charge is 0.181 e. The molecule has 0 spiro atoms. The highest BCUT2D eigenvalue weighted by molar-refractivity contribution is 5.61. The molecule has 3 N–H and O–H groups in total. The topological polar surface area (TPSA) is 86.0 Å². The number of nitrogens with two attached hydrogens (primary N) is 1. The number of ether oxygens (including phenoxy) is 2. The number of nitrogens with zero attached hydrogens (tertiary/aromatic N) is 2. The number of hydrogen-bond acceptors (Lipinski definition) is 5. The lowest BCUT2D eigenvalue weighted by atomic mass is 10.1. The molecule has 0 radical (unpaired) electrons. The standard InChI is InChI=1S/C19H22N4O2/c1-4-25-16-11-14(9-10-15(16)24-3)18-21-19(23-22-18)17(20)13-7-5-12(2)6-8-13/h5-11,17H,4,20H2,1-3H3,(H,21,22,23)/t17-/m1/s1. The molecule has 2 aromatic carbocycles. The van der Waals surface area contributed by atoms with E-state index in [1.165, 1.54) is 5.56 Å². The average Bonchev–Trinajstić information content (AvgIpc) is 3.12. The maximum absolute atomic E-state index is 6.30. The zero-order valence-electron chi connectivity index (χ0n) is 14.6. The fourth-order valence-corrected chi connectivity index (χ4v) is 2.56. The van der Waals surface area contributed by atoms with Gasteiger partial charge in [0.2, 0.25) is 0 Å². The summed E-state index contributed by atoms with van der Waals surface area (Å²) in [7, 11) is 1.61. The molecule has 1 aromatic heterocycles. The van der Waals surface area contributed by atoms with Gasteiger partial charge in [0.25, 0.3) is 0 Å². The minimum atomic E-state index is -0.355. The van der Waals surface area contributed by atoms with Crippen molar-refractivity contribution in [3.63, 3.8) is 0 Å². The Hall–Kier alpha value is -2.86. The van der Waals surface area contributed by atoms with Crippen molar-refractivity contribution in [2.75, 3.05) is 13.7 Å². The molecular weight excluding hydrogens is 316 g/mol. The first kappa shape index (κ1) is 17.0. The third kappa shape index (κ3) is 3.64. The summed E-state index contributed by atoms with van der Waals surface area (Å²) in [4.78, 5) is 4.55. The van der Waals surface area contributed by atoms with E-state index in [0.29, 0.717) is 29.8 Å². The van der Waals surface area contributed by atoms with Crippen molar-refractivity contribution in [3.05, 3.63) is 59.4 Å². The van der Waals surface area contributed by atoms with E-state index in [-0.39, 0.29) is 6.04 Å². The second kappa shape index (κ2) is 7.36. The Morgan fingerprint density at radius 2 is 1.88 bits per heavy atom. The summed E-state index contributed by atoms with van der Waals surface area (Å²) < 4.78 is 10.9. The molecule has 3 aromatic rings. The molecule has 6 heteroatoms. The molecule has 0 aliphatic carbocycles. The van der Waals surface area contributed by atoms with Gasteiger partial charge in [-0.1, -0.05) is 29.8 Å². The summed E-state index contributed by atoms with van der Waals surface area (Å²) in [5.41, 5.74) is 9.31. The van der Waals surface area contributed by atoms with E-state index >= 15 is 0 Å². The van der Waals surface area contributed by atoms with Crippen LogP contribution in [0.15, 0.2) is 42.5 Å². The van der Waals surface area contributed by atoms with Gasteiger partial charge >= 0.3 is 0 Å². The Balaban J connectivity index is 1.88. The van der Waals surface area contributed by atoms with Crippen molar-refractivity contribution >= 4 is 0 Å². The Labute approximate surface area is 147 Å². The highest BCUT2D eigenvalue weighted by Crippen LogP contribution is 2.31. The maximum atomic E-state index is 6.30. The molecular formula is C19H22N4O2. The van der Waals surface area contributed by atoms with Gasteiger partial charge in [0.05, 0.1) is 19.8 Å². The first-order valence-electron chi connectivity index (χ1n) is 8.18. The Kier molecular flexibility index (Phi) is 5.00. The number of benzene rings is 2. The van der Waals surface area contributed by atoms with Crippen LogP contribution in [-0.4, -0.2) is 28.9 Å². The van der Waals surface area contributed by atoms with Crippen molar-refractivity contribution in [3.8, 4) is 22.9 Å². The summed E-state index contributed by atoms with van der Waals surface area (Å²) in [6.07, 6.45) is 0. The quantitative estimate of drug-likeness (QED) is 0.720. The molecule has 25 heavy (non-hydrogen) atoms. The molecule has 1 atom stereocenters. The number of hydrogen-bond donors (Lipinski definition) is 2. The van der Waals surface area contributed by atoms with Crippen molar-refractivity contribution in [1.82, 2.24) is 15.2 Å².